The summed E-state index contributed by atoms with van der Waals surface area (Å²) in [6.45, 7) is 7.34. The molecule has 0 N–H and O–H groups in total. The van der Waals surface area contributed by atoms with Crippen molar-refractivity contribution >= 4 is 47.3 Å². The molecule has 0 saturated carbocycles. The van der Waals surface area contributed by atoms with Gasteiger partial charge in [0.1, 0.15) is 0 Å². The number of rotatable bonds is 4. The lowest BCUT2D eigenvalue weighted by Crippen LogP contribution is -2.28. The highest BCUT2D eigenvalue weighted by Gasteiger charge is 2.24. The van der Waals surface area contributed by atoms with Crippen LogP contribution >= 0.6 is 39.2 Å². The van der Waals surface area contributed by atoms with Gasteiger partial charge in [-0.15, -0.1) is 0 Å². The maximum Gasteiger partial charge on any atom is 0.0538 e. The first-order valence-electron chi connectivity index (χ1n) is 5.36. The quantitative estimate of drug-likeness (QED) is 0.596. The van der Waals surface area contributed by atoms with E-state index in [4.69, 9.17) is 0 Å². The van der Waals surface area contributed by atoms with Crippen molar-refractivity contribution in [2.75, 3.05) is 11.6 Å². The number of benzene rings is 1. The van der Waals surface area contributed by atoms with Gasteiger partial charge in [0.25, 0.3) is 0 Å². The van der Waals surface area contributed by atoms with E-state index < -0.39 is 16.5 Å². The van der Waals surface area contributed by atoms with E-state index in [1.165, 1.54) is 16.7 Å². The van der Waals surface area contributed by atoms with Crippen LogP contribution in [0.2, 0.25) is 19.6 Å². The van der Waals surface area contributed by atoms with E-state index >= 15 is 0 Å². The van der Waals surface area contributed by atoms with Crippen LogP contribution in [-0.4, -0.2) is 19.7 Å². The second-order valence-electron chi connectivity index (χ2n) is 5.63. The van der Waals surface area contributed by atoms with Crippen LogP contribution in [-0.2, 0) is 5.75 Å². The normalized spacial score (nSPS) is 17.9. The summed E-state index contributed by atoms with van der Waals surface area (Å²) in [5.74, 6) is 1.19. The molecular weight excluding hydrogens is 364 g/mol. The molecule has 4 heteroatoms. The van der Waals surface area contributed by atoms with Crippen LogP contribution in [0.25, 0.3) is 0 Å². The second-order valence-corrected chi connectivity index (χ2v) is 20.1. The van der Waals surface area contributed by atoms with Gasteiger partial charge in [-0.1, -0.05) is 47.7 Å². The minimum absolute atomic E-state index is 0.646. The molecule has 1 aromatic carbocycles. The molecule has 92 valence electrons. The third kappa shape index (κ3) is 5.89. The van der Waals surface area contributed by atoms with Crippen LogP contribution in [0, 0.1) is 0 Å². The molecule has 0 aliphatic rings. The fourth-order valence-corrected chi connectivity index (χ4v) is 17.6. The van der Waals surface area contributed by atoms with E-state index in [2.05, 4.69) is 80.9 Å². The van der Waals surface area contributed by atoms with Crippen molar-refractivity contribution in [2.24, 2.45) is 0 Å². The number of hydrogen-bond acceptors (Lipinski definition) is 0. The van der Waals surface area contributed by atoms with Crippen LogP contribution < -0.4 is 0 Å². The van der Waals surface area contributed by atoms with Gasteiger partial charge in [0, 0.05) is 10.2 Å². The van der Waals surface area contributed by atoms with Gasteiger partial charge in [0.2, 0.25) is 0 Å². The van der Waals surface area contributed by atoms with Crippen molar-refractivity contribution in [2.45, 2.75) is 25.4 Å². The van der Waals surface area contributed by atoms with Gasteiger partial charge in [-0.3, -0.25) is 0 Å². The minimum Gasteiger partial charge on any atom is -0.184 e. The Kier molecular flexibility index (Phi) is 5.17. The Hall–Kier alpha value is 0.747. The third-order valence-electron chi connectivity index (χ3n) is 2.11. The Morgan fingerprint density at radius 3 is 2.06 bits per heavy atom. The first kappa shape index (κ1) is 14.8. The zero-order chi connectivity index (χ0) is 12.4. The van der Waals surface area contributed by atoms with Crippen molar-refractivity contribution in [1.82, 2.24) is 0 Å². The highest BCUT2D eigenvalue weighted by molar-refractivity contribution is 9.58. The summed E-state index contributed by atoms with van der Waals surface area (Å²) in [5.41, 5.74) is 1.44. The van der Waals surface area contributed by atoms with Crippen LogP contribution in [0.4, 0.5) is 0 Å². The topological polar surface area (TPSA) is 0 Å². The lowest BCUT2D eigenvalue weighted by molar-refractivity contribution is 1.39. The molecule has 0 aromatic heterocycles. The van der Waals surface area contributed by atoms with Gasteiger partial charge in [-0.25, -0.2) is 0 Å². The summed E-state index contributed by atoms with van der Waals surface area (Å²) in [5, 5.41) is 1.38. The summed E-state index contributed by atoms with van der Waals surface area (Å²) in [6.07, 6.45) is 2.40. The maximum absolute atomic E-state index is 3.98. The molecule has 0 amide bonds. The molecule has 16 heavy (non-hydrogen) atoms. The third-order valence-corrected chi connectivity index (χ3v) is 12.2. The monoisotopic (exact) mass is 382 g/mol. The summed E-state index contributed by atoms with van der Waals surface area (Å²) in [7, 11) is -1.62. The summed E-state index contributed by atoms with van der Waals surface area (Å²) >= 11 is 7.46. The maximum atomic E-state index is 3.98. The van der Waals surface area contributed by atoms with E-state index in [0.717, 1.165) is 4.47 Å². The highest BCUT2D eigenvalue weighted by Crippen LogP contribution is 2.56. The molecule has 0 bridgehead atoms. The fraction of sp³-hybridized carbons (Fsp3) is 0.500. The van der Waals surface area contributed by atoms with E-state index in [1.807, 2.05) is 0 Å². The number of halogens is 2. The molecule has 1 unspecified atom stereocenters. The van der Waals surface area contributed by atoms with Crippen molar-refractivity contribution in [3.05, 3.63) is 34.3 Å². The Bertz CT molecular complexity index is 341. The molecule has 1 aromatic rings. The summed E-state index contributed by atoms with van der Waals surface area (Å²) in [6, 6.07) is 8.71. The van der Waals surface area contributed by atoms with Crippen LogP contribution in [0.3, 0.4) is 0 Å². The number of hydrogen-bond donors (Lipinski definition) is 0. The van der Waals surface area contributed by atoms with E-state index in [0.29, 0.717) is 0 Å². The fourth-order valence-electron chi connectivity index (χ4n) is 1.88. The largest absolute Gasteiger partial charge is 0.184 e. The van der Waals surface area contributed by atoms with Gasteiger partial charge >= 0.3 is 0 Å². The first-order valence-corrected chi connectivity index (χ1v) is 14.1. The van der Waals surface area contributed by atoms with Crippen molar-refractivity contribution in [3.63, 3.8) is 0 Å². The van der Waals surface area contributed by atoms with E-state index in [1.54, 1.807) is 0 Å². The van der Waals surface area contributed by atoms with Crippen molar-refractivity contribution < 1.29 is 0 Å². The van der Waals surface area contributed by atoms with Gasteiger partial charge in [-0.05, 0) is 44.1 Å². The molecule has 0 saturated heterocycles. The van der Waals surface area contributed by atoms with Crippen LogP contribution in [0.1, 0.15) is 5.56 Å². The molecule has 0 heterocycles. The van der Waals surface area contributed by atoms with Crippen molar-refractivity contribution in [1.29, 1.82) is 0 Å². The predicted molar refractivity (Wildman–Crippen MR) is 88.5 cm³/mol. The van der Waals surface area contributed by atoms with Crippen LogP contribution in [0.5, 0.6) is 0 Å². The highest BCUT2D eigenvalue weighted by atomic mass is 79.9. The molecule has 0 aliphatic heterocycles. The molecule has 1 atom stereocenters. The predicted octanol–water partition coefficient (Wildman–Crippen LogP) is 5.57. The standard InChI is InChI=1S/C12H20Br2SSi/c1-15(14,10-16(2,3)4)9-11-5-7-12(13)8-6-11/h5-8H,9-10H2,1-4H3. The smallest absolute Gasteiger partial charge is 0.0538 e. The summed E-state index contributed by atoms with van der Waals surface area (Å²) in [4.78, 5) is 0. The van der Waals surface area contributed by atoms with E-state index in [9.17, 15) is 0 Å². The Labute approximate surface area is 118 Å². The first-order chi connectivity index (χ1) is 7.18. The zero-order valence-electron chi connectivity index (χ0n) is 10.4. The molecule has 0 spiro atoms. The Morgan fingerprint density at radius 2 is 1.62 bits per heavy atom. The molecule has 1 rings (SSSR count). The lowest BCUT2D eigenvalue weighted by atomic mass is 10.2. The lowest BCUT2D eigenvalue weighted by Gasteiger charge is -2.34. The van der Waals surface area contributed by atoms with Gasteiger partial charge in [-0.2, -0.15) is 8.46 Å². The average molecular weight is 384 g/mol. The van der Waals surface area contributed by atoms with E-state index in [-0.39, 0.29) is 0 Å². The van der Waals surface area contributed by atoms with Crippen molar-refractivity contribution in [3.8, 4) is 0 Å². The Morgan fingerprint density at radius 1 is 1.12 bits per heavy atom. The second kappa shape index (κ2) is 5.59. The molecule has 0 nitrogen and oxygen atoms in total. The van der Waals surface area contributed by atoms with Gasteiger partial charge in [0.05, 0.1) is 8.07 Å². The minimum atomic E-state index is -0.976. The SMILES string of the molecule is C[Si](C)(C)CS(C)(Br)Cc1ccc(Br)cc1. The average Bonchev–Trinajstić information content (AvgIpc) is 2.04. The van der Waals surface area contributed by atoms with Crippen LogP contribution in [0.15, 0.2) is 28.7 Å². The molecule has 0 aliphatic carbocycles. The molecule has 0 radical (unpaired) electrons. The molecule has 0 fully saturated rings. The summed E-state index contributed by atoms with van der Waals surface area (Å²) < 4.78 is 1.16. The molecular formula is C12H20Br2SSi. The van der Waals surface area contributed by atoms with Gasteiger partial charge in [0.15, 0.2) is 0 Å². The van der Waals surface area contributed by atoms with Gasteiger partial charge < -0.3 is 0 Å². The zero-order valence-corrected chi connectivity index (χ0v) is 15.4. The Balaban J connectivity index is 2.69.